The molecule has 1 N–H and O–H groups in total. The van der Waals surface area contributed by atoms with E-state index < -0.39 is 0 Å². The van der Waals surface area contributed by atoms with E-state index in [9.17, 15) is 4.79 Å². The van der Waals surface area contributed by atoms with Crippen molar-refractivity contribution in [1.29, 1.82) is 0 Å². The summed E-state index contributed by atoms with van der Waals surface area (Å²) in [6.07, 6.45) is 2.97. The zero-order valence-electron chi connectivity index (χ0n) is 13.5. The Morgan fingerprint density at radius 2 is 2.04 bits per heavy atom. The van der Waals surface area contributed by atoms with Crippen LogP contribution < -0.4 is 4.74 Å². The highest BCUT2D eigenvalue weighted by atomic mass is 35.5. The third kappa shape index (κ3) is 2.44. The SMILES string of the molecule is COc1cnc(C(=O)N2Cc3[nH]c4c(Cl)c(Cl)ccc4c3[C@H]2C)nc1. The maximum atomic E-state index is 12.8. The number of hydrogen-bond acceptors (Lipinski definition) is 4. The average molecular weight is 377 g/mol. The van der Waals surface area contributed by atoms with E-state index in [1.54, 1.807) is 11.0 Å². The van der Waals surface area contributed by atoms with E-state index in [0.29, 0.717) is 22.3 Å². The molecule has 3 aromatic rings. The predicted octanol–water partition coefficient (Wildman–Crippen LogP) is 3.99. The van der Waals surface area contributed by atoms with Gasteiger partial charge in [0.1, 0.15) is 0 Å². The van der Waals surface area contributed by atoms with Crippen LogP contribution in [0.15, 0.2) is 24.5 Å². The molecular weight excluding hydrogens is 363 g/mol. The number of benzene rings is 1. The van der Waals surface area contributed by atoms with Gasteiger partial charge in [-0.3, -0.25) is 4.79 Å². The second-order valence-corrected chi connectivity index (χ2v) is 6.64. The van der Waals surface area contributed by atoms with E-state index in [2.05, 4.69) is 15.0 Å². The molecule has 128 valence electrons. The number of rotatable bonds is 2. The average Bonchev–Trinajstić information content (AvgIpc) is 3.15. The summed E-state index contributed by atoms with van der Waals surface area (Å²) in [7, 11) is 1.53. The Kier molecular flexibility index (Phi) is 3.81. The highest BCUT2D eigenvalue weighted by Gasteiger charge is 2.35. The number of halogens is 2. The lowest BCUT2D eigenvalue weighted by atomic mass is 10.1. The molecule has 1 atom stereocenters. The van der Waals surface area contributed by atoms with Crippen molar-refractivity contribution in [2.24, 2.45) is 0 Å². The van der Waals surface area contributed by atoms with Crippen LogP contribution in [-0.2, 0) is 6.54 Å². The molecule has 1 amide bonds. The summed E-state index contributed by atoms with van der Waals surface area (Å²) >= 11 is 12.4. The van der Waals surface area contributed by atoms with E-state index >= 15 is 0 Å². The largest absolute Gasteiger partial charge is 0.494 e. The molecule has 0 saturated carbocycles. The molecule has 8 heteroatoms. The Hall–Kier alpha value is -2.31. The quantitative estimate of drug-likeness (QED) is 0.733. The van der Waals surface area contributed by atoms with E-state index in [-0.39, 0.29) is 17.8 Å². The fraction of sp³-hybridized carbons (Fsp3) is 0.235. The van der Waals surface area contributed by atoms with Gasteiger partial charge in [0, 0.05) is 16.6 Å². The van der Waals surface area contributed by atoms with E-state index in [1.165, 1.54) is 19.5 Å². The second-order valence-electron chi connectivity index (χ2n) is 5.86. The van der Waals surface area contributed by atoms with Gasteiger partial charge >= 0.3 is 0 Å². The van der Waals surface area contributed by atoms with Crippen LogP contribution in [0.4, 0.5) is 0 Å². The molecule has 0 unspecified atom stereocenters. The first-order valence-electron chi connectivity index (χ1n) is 7.66. The number of methoxy groups -OCH3 is 1. The summed E-state index contributed by atoms with van der Waals surface area (Å²) < 4.78 is 5.02. The molecule has 0 spiro atoms. The first-order valence-corrected chi connectivity index (χ1v) is 8.42. The maximum Gasteiger partial charge on any atom is 0.292 e. The minimum atomic E-state index is -0.229. The van der Waals surface area contributed by atoms with Gasteiger partial charge in [-0.1, -0.05) is 29.3 Å². The number of H-pyrrole nitrogens is 1. The number of hydrogen-bond donors (Lipinski definition) is 1. The number of nitrogens with zero attached hydrogens (tertiary/aromatic N) is 3. The van der Waals surface area contributed by atoms with Crippen molar-refractivity contribution in [1.82, 2.24) is 19.9 Å². The summed E-state index contributed by atoms with van der Waals surface area (Å²) in [6.45, 7) is 2.41. The highest BCUT2D eigenvalue weighted by molar-refractivity contribution is 6.45. The summed E-state index contributed by atoms with van der Waals surface area (Å²) in [4.78, 5) is 26.0. The molecule has 0 bridgehead atoms. The normalized spacial score (nSPS) is 16.3. The predicted molar refractivity (Wildman–Crippen MR) is 95.2 cm³/mol. The van der Waals surface area contributed by atoms with Crippen molar-refractivity contribution < 1.29 is 9.53 Å². The van der Waals surface area contributed by atoms with Crippen LogP contribution in [0, 0.1) is 0 Å². The highest BCUT2D eigenvalue weighted by Crippen LogP contribution is 2.42. The first-order chi connectivity index (χ1) is 12.0. The van der Waals surface area contributed by atoms with Crippen molar-refractivity contribution in [3.63, 3.8) is 0 Å². The number of fused-ring (bicyclic) bond motifs is 3. The topological polar surface area (TPSA) is 71.1 Å². The maximum absolute atomic E-state index is 12.8. The van der Waals surface area contributed by atoms with Crippen LogP contribution >= 0.6 is 23.2 Å². The summed E-state index contributed by atoms with van der Waals surface area (Å²) in [6, 6.07) is 3.57. The minimum Gasteiger partial charge on any atom is -0.494 e. The first kappa shape index (κ1) is 16.2. The number of amides is 1. The molecular formula is C17H14Cl2N4O2. The number of carbonyl (C=O) groups excluding carboxylic acids is 1. The lowest BCUT2D eigenvalue weighted by molar-refractivity contribution is 0.0691. The van der Waals surface area contributed by atoms with Crippen molar-refractivity contribution in [3.05, 3.63) is 51.7 Å². The molecule has 4 rings (SSSR count). The van der Waals surface area contributed by atoms with Gasteiger partial charge in [-0.25, -0.2) is 9.97 Å². The third-order valence-corrected chi connectivity index (χ3v) is 5.32. The van der Waals surface area contributed by atoms with Gasteiger partial charge in [0.05, 0.1) is 47.7 Å². The van der Waals surface area contributed by atoms with Gasteiger partial charge in [-0.05, 0) is 13.0 Å². The van der Waals surface area contributed by atoms with Crippen LogP contribution in [0.3, 0.4) is 0 Å². The van der Waals surface area contributed by atoms with Gasteiger partial charge < -0.3 is 14.6 Å². The van der Waals surface area contributed by atoms with Crippen LogP contribution in [-0.4, -0.2) is 32.9 Å². The minimum absolute atomic E-state index is 0.126. The second kappa shape index (κ2) is 5.89. The molecule has 1 aliphatic heterocycles. The Morgan fingerprint density at radius 3 is 2.72 bits per heavy atom. The van der Waals surface area contributed by atoms with Crippen molar-refractivity contribution in [2.45, 2.75) is 19.5 Å². The van der Waals surface area contributed by atoms with Crippen LogP contribution in [0.25, 0.3) is 10.9 Å². The summed E-state index contributed by atoms with van der Waals surface area (Å²) in [5.41, 5.74) is 2.81. The lowest BCUT2D eigenvalue weighted by Gasteiger charge is -2.21. The Labute approximate surface area is 153 Å². The molecule has 25 heavy (non-hydrogen) atoms. The molecule has 3 heterocycles. The molecule has 2 aromatic heterocycles. The fourth-order valence-electron chi connectivity index (χ4n) is 3.25. The van der Waals surface area contributed by atoms with E-state index in [4.69, 9.17) is 27.9 Å². The third-order valence-electron chi connectivity index (χ3n) is 4.52. The summed E-state index contributed by atoms with van der Waals surface area (Å²) in [5, 5.41) is 1.97. The van der Waals surface area contributed by atoms with Crippen LogP contribution in [0.2, 0.25) is 10.0 Å². The molecule has 6 nitrogen and oxygen atoms in total. The molecule has 0 saturated heterocycles. The molecule has 0 aliphatic carbocycles. The molecule has 1 aliphatic rings. The lowest BCUT2D eigenvalue weighted by Crippen LogP contribution is -2.30. The van der Waals surface area contributed by atoms with Gasteiger partial charge in [-0.15, -0.1) is 0 Å². The Bertz CT molecular complexity index is 984. The van der Waals surface area contributed by atoms with Crippen molar-refractivity contribution in [3.8, 4) is 5.75 Å². The van der Waals surface area contributed by atoms with E-state index in [0.717, 1.165) is 22.2 Å². The Balaban J connectivity index is 1.69. The van der Waals surface area contributed by atoms with Crippen LogP contribution in [0.5, 0.6) is 5.75 Å². The van der Waals surface area contributed by atoms with Gasteiger partial charge in [0.2, 0.25) is 5.82 Å². The molecule has 1 aromatic carbocycles. The number of carbonyl (C=O) groups is 1. The zero-order chi connectivity index (χ0) is 17.7. The molecule has 0 radical (unpaired) electrons. The van der Waals surface area contributed by atoms with Gasteiger partial charge in [-0.2, -0.15) is 0 Å². The van der Waals surface area contributed by atoms with Gasteiger partial charge in [0.25, 0.3) is 5.91 Å². The monoisotopic (exact) mass is 376 g/mol. The number of aromatic amines is 1. The van der Waals surface area contributed by atoms with Crippen molar-refractivity contribution in [2.75, 3.05) is 7.11 Å². The number of ether oxygens (including phenoxy) is 1. The van der Waals surface area contributed by atoms with Crippen molar-refractivity contribution >= 4 is 40.0 Å². The standard InChI is InChI=1S/C17H14Cl2N4O2/c1-8-13-10-3-4-11(18)14(19)15(10)22-12(13)7-23(8)17(24)16-20-5-9(25-2)6-21-16/h3-6,8,22H,7H2,1-2H3/t8-/m1/s1. The van der Waals surface area contributed by atoms with Crippen LogP contribution in [0.1, 0.15) is 34.8 Å². The number of aromatic nitrogens is 3. The van der Waals surface area contributed by atoms with Gasteiger partial charge in [0.15, 0.2) is 5.75 Å². The Morgan fingerprint density at radius 1 is 1.32 bits per heavy atom. The fourth-order valence-corrected chi connectivity index (χ4v) is 3.62. The molecule has 0 fully saturated rings. The smallest absolute Gasteiger partial charge is 0.292 e. The van der Waals surface area contributed by atoms with E-state index in [1.807, 2.05) is 13.0 Å². The number of nitrogens with one attached hydrogen (secondary N) is 1. The summed E-state index contributed by atoms with van der Waals surface area (Å²) in [5.74, 6) is 0.421. The zero-order valence-corrected chi connectivity index (χ0v) is 15.0.